The molecule has 0 bridgehead atoms. The van der Waals surface area contributed by atoms with E-state index in [0.29, 0.717) is 5.95 Å². The minimum atomic E-state index is 0.114. The SMILES string of the molecule is C1=CCC(c2nc(C3=CCCC=C3)nc(-n3c4ccccc4c4c5c6cccc7c8ccccc8n(c5ccc43)c76)n2)C=C1. The molecule has 1 atom stereocenters. The fraction of sp³-hybridized carbons (Fsp3) is 0.103. The van der Waals surface area contributed by atoms with Crippen LogP contribution in [0.5, 0.6) is 0 Å². The first-order valence-electron chi connectivity index (χ1n) is 15.4. The first kappa shape index (κ1) is 24.0. The van der Waals surface area contributed by atoms with Crippen LogP contribution in [0.1, 0.15) is 36.8 Å². The summed E-state index contributed by atoms with van der Waals surface area (Å²) in [7, 11) is 0. The van der Waals surface area contributed by atoms with Crippen LogP contribution >= 0.6 is 0 Å². The Hall–Kier alpha value is -5.55. The smallest absolute Gasteiger partial charge is 0.238 e. The van der Waals surface area contributed by atoms with Gasteiger partial charge in [0.1, 0.15) is 5.82 Å². The van der Waals surface area contributed by atoms with E-state index in [1.165, 1.54) is 48.9 Å². The maximum absolute atomic E-state index is 5.20. The molecule has 4 heterocycles. The predicted octanol–water partition coefficient (Wildman–Crippen LogP) is 9.45. The molecule has 10 rings (SSSR count). The molecule has 0 saturated heterocycles. The van der Waals surface area contributed by atoms with Crippen molar-refractivity contribution < 1.29 is 0 Å². The maximum atomic E-state index is 5.20. The Kier molecular flexibility index (Phi) is 4.89. The summed E-state index contributed by atoms with van der Waals surface area (Å²) in [4.78, 5) is 15.4. The van der Waals surface area contributed by atoms with Gasteiger partial charge in [0, 0.05) is 43.8 Å². The number of benzene rings is 4. The lowest BCUT2D eigenvalue weighted by Crippen LogP contribution is -2.12. The van der Waals surface area contributed by atoms with Gasteiger partial charge < -0.3 is 4.40 Å². The molecule has 2 aliphatic rings. The first-order chi connectivity index (χ1) is 21.8. The lowest BCUT2D eigenvalue weighted by molar-refractivity contribution is 0.741. The number of allylic oxidation sites excluding steroid dienone is 8. The molecule has 4 aromatic carbocycles. The zero-order valence-electron chi connectivity index (χ0n) is 24.0. The quantitative estimate of drug-likeness (QED) is 0.214. The van der Waals surface area contributed by atoms with Crippen LogP contribution in [-0.4, -0.2) is 23.9 Å². The van der Waals surface area contributed by atoms with E-state index in [4.69, 9.17) is 15.0 Å². The van der Waals surface area contributed by atoms with Crippen LogP contribution in [0, 0.1) is 0 Å². The molecule has 0 radical (unpaired) electrons. The van der Waals surface area contributed by atoms with E-state index in [2.05, 4.69) is 130 Å². The monoisotopic (exact) mass is 565 g/mol. The van der Waals surface area contributed by atoms with Gasteiger partial charge in [0.05, 0.1) is 27.6 Å². The fourth-order valence-electron chi connectivity index (χ4n) is 7.52. The molecule has 0 saturated carbocycles. The third kappa shape index (κ3) is 3.21. The molecule has 0 spiro atoms. The van der Waals surface area contributed by atoms with Crippen LogP contribution in [0.3, 0.4) is 0 Å². The van der Waals surface area contributed by atoms with Crippen LogP contribution in [0.2, 0.25) is 0 Å². The molecule has 5 heteroatoms. The summed E-state index contributed by atoms with van der Waals surface area (Å²) in [6.45, 7) is 0. The highest BCUT2D eigenvalue weighted by molar-refractivity contribution is 6.32. The summed E-state index contributed by atoms with van der Waals surface area (Å²) in [5.74, 6) is 2.33. The highest BCUT2D eigenvalue weighted by Crippen LogP contribution is 2.44. The average Bonchev–Trinajstić information content (AvgIpc) is 3.74. The summed E-state index contributed by atoms with van der Waals surface area (Å²) in [5.41, 5.74) is 7.02. The number of nitrogens with zero attached hydrogens (tertiary/aromatic N) is 5. The van der Waals surface area contributed by atoms with Crippen LogP contribution in [0.4, 0.5) is 0 Å². The Bertz CT molecular complexity index is 2590. The highest BCUT2D eigenvalue weighted by Gasteiger charge is 2.24. The summed E-state index contributed by atoms with van der Waals surface area (Å²) in [6, 6.07) is 28.7. The number of aromatic nitrogens is 5. The molecule has 0 amide bonds. The number of fused-ring (bicyclic) bond motifs is 10. The number of hydrogen-bond donors (Lipinski definition) is 0. The van der Waals surface area contributed by atoms with Gasteiger partial charge in [-0.3, -0.25) is 4.57 Å². The van der Waals surface area contributed by atoms with Crippen molar-refractivity contribution in [3.05, 3.63) is 133 Å². The van der Waals surface area contributed by atoms with Crippen LogP contribution in [0.25, 0.3) is 71.4 Å². The van der Waals surface area contributed by atoms with Gasteiger partial charge in [0.25, 0.3) is 0 Å². The van der Waals surface area contributed by atoms with Gasteiger partial charge in [-0.1, -0.05) is 97.1 Å². The fourth-order valence-corrected chi connectivity index (χ4v) is 7.52. The predicted molar refractivity (Wildman–Crippen MR) is 181 cm³/mol. The van der Waals surface area contributed by atoms with Crippen molar-refractivity contribution in [1.29, 1.82) is 0 Å². The molecular weight excluding hydrogens is 538 g/mol. The zero-order valence-corrected chi connectivity index (χ0v) is 24.0. The number of para-hydroxylation sites is 3. The Morgan fingerprint density at radius 2 is 1.41 bits per heavy atom. The van der Waals surface area contributed by atoms with E-state index in [-0.39, 0.29) is 5.92 Å². The van der Waals surface area contributed by atoms with Crippen molar-refractivity contribution in [2.24, 2.45) is 0 Å². The normalized spacial score (nSPS) is 16.9. The van der Waals surface area contributed by atoms with Crippen LogP contribution < -0.4 is 0 Å². The van der Waals surface area contributed by atoms with Crippen molar-refractivity contribution in [1.82, 2.24) is 23.9 Å². The number of rotatable bonds is 3. The van der Waals surface area contributed by atoms with E-state index < -0.39 is 0 Å². The molecular formula is C39H27N5. The van der Waals surface area contributed by atoms with Crippen molar-refractivity contribution >= 4 is 65.5 Å². The summed E-state index contributed by atoms with van der Waals surface area (Å²) >= 11 is 0. The van der Waals surface area contributed by atoms with Gasteiger partial charge >= 0.3 is 0 Å². The Morgan fingerprint density at radius 1 is 0.614 bits per heavy atom. The maximum Gasteiger partial charge on any atom is 0.238 e. The van der Waals surface area contributed by atoms with Gasteiger partial charge in [-0.2, -0.15) is 9.97 Å². The number of hydrogen-bond acceptors (Lipinski definition) is 3. The lowest BCUT2D eigenvalue weighted by atomic mass is 10.00. The molecule has 8 aromatic rings. The van der Waals surface area contributed by atoms with Gasteiger partial charge in [0.2, 0.25) is 5.95 Å². The van der Waals surface area contributed by atoms with Crippen LogP contribution in [-0.2, 0) is 0 Å². The first-order valence-corrected chi connectivity index (χ1v) is 15.4. The van der Waals surface area contributed by atoms with Gasteiger partial charge in [-0.05, 0) is 43.5 Å². The van der Waals surface area contributed by atoms with E-state index >= 15 is 0 Å². The van der Waals surface area contributed by atoms with Crippen molar-refractivity contribution in [3.8, 4) is 5.95 Å². The second-order valence-electron chi connectivity index (χ2n) is 11.9. The van der Waals surface area contributed by atoms with Crippen LogP contribution in [0.15, 0.2) is 121 Å². The molecule has 0 N–H and O–H groups in total. The third-order valence-electron chi connectivity index (χ3n) is 9.43. The van der Waals surface area contributed by atoms with Crippen molar-refractivity contribution in [2.75, 3.05) is 0 Å². The molecule has 4 aromatic heterocycles. The zero-order chi connectivity index (χ0) is 28.8. The van der Waals surface area contributed by atoms with Gasteiger partial charge in [-0.25, -0.2) is 4.98 Å². The largest absolute Gasteiger partial charge is 0.308 e. The van der Waals surface area contributed by atoms with Crippen molar-refractivity contribution in [3.63, 3.8) is 0 Å². The minimum absolute atomic E-state index is 0.114. The van der Waals surface area contributed by atoms with E-state index in [9.17, 15) is 0 Å². The molecule has 44 heavy (non-hydrogen) atoms. The Labute approximate surface area is 253 Å². The molecule has 1 unspecified atom stereocenters. The Balaban J connectivity index is 1.33. The highest BCUT2D eigenvalue weighted by atomic mass is 15.2. The Morgan fingerprint density at radius 3 is 2.27 bits per heavy atom. The molecule has 5 nitrogen and oxygen atoms in total. The van der Waals surface area contributed by atoms with E-state index in [1.54, 1.807) is 0 Å². The standard InChI is InChI=1S/C39H27N5/c1-3-12-24(13-4-1)37-40-38(25-14-5-2-6-15-25)42-39(41-37)44-31-21-10-8-17-28(31)34-33(44)23-22-32-35(34)29-19-11-18-27-26-16-7-9-20-30(26)43(32)36(27)29/h1,3-5,7-12,14-24H,2,6,13H2. The molecule has 0 aliphatic heterocycles. The lowest BCUT2D eigenvalue weighted by Gasteiger charge is -2.16. The average molecular weight is 566 g/mol. The second-order valence-corrected chi connectivity index (χ2v) is 11.9. The topological polar surface area (TPSA) is 48.0 Å². The van der Waals surface area contributed by atoms with Gasteiger partial charge in [-0.15, -0.1) is 0 Å². The minimum Gasteiger partial charge on any atom is -0.308 e. The molecule has 0 fully saturated rings. The second kappa shape index (κ2) is 8.98. The molecule has 2 aliphatic carbocycles. The third-order valence-corrected chi connectivity index (χ3v) is 9.43. The summed E-state index contributed by atoms with van der Waals surface area (Å²) in [5, 5.41) is 7.57. The summed E-state index contributed by atoms with van der Waals surface area (Å²) in [6.07, 6.45) is 18.1. The van der Waals surface area contributed by atoms with Gasteiger partial charge in [0.15, 0.2) is 5.82 Å². The summed E-state index contributed by atoms with van der Waals surface area (Å²) < 4.78 is 4.70. The van der Waals surface area contributed by atoms with E-state index in [1.807, 2.05) is 0 Å². The van der Waals surface area contributed by atoms with E-state index in [0.717, 1.165) is 47.5 Å². The molecule has 208 valence electrons. The van der Waals surface area contributed by atoms with Crippen molar-refractivity contribution in [2.45, 2.75) is 25.2 Å².